The topological polar surface area (TPSA) is 104 Å². The minimum Gasteiger partial charge on any atom is -0.339 e. The number of tetrazole rings is 1. The van der Waals surface area contributed by atoms with Gasteiger partial charge in [0.05, 0.1) is 5.92 Å². The highest BCUT2D eigenvalue weighted by atomic mass is 16.2. The molecule has 1 aromatic heterocycles. The van der Waals surface area contributed by atoms with Crippen LogP contribution in [-0.2, 0) is 9.59 Å². The summed E-state index contributed by atoms with van der Waals surface area (Å²) in [5, 5.41) is 16.7. The predicted molar refractivity (Wildman–Crippen MR) is 90.3 cm³/mol. The Bertz CT molecular complexity index is 752. The van der Waals surface area contributed by atoms with E-state index in [4.69, 9.17) is 0 Å². The highest BCUT2D eigenvalue weighted by Gasteiger charge is 2.38. The summed E-state index contributed by atoms with van der Waals surface area (Å²) in [7, 11) is 0. The van der Waals surface area contributed by atoms with Crippen LogP contribution in [0.3, 0.4) is 0 Å². The largest absolute Gasteiger partial charge is 0.339 e. The molecule has 4 rings (SSSR count). The molecular formula is C17H20N6O2. The van der Waals surface area contributed by atoms with Gasteiger partial charge in [0.25, 0.3) is 0 Å². The molecule has 1 saturated carbocycles. The van der Waals surface area contributed by atoms with E-state index in [-0.39, 0.29) is 17.7 Å². The van der Waals surface area contributed by atoms with Crippen molar-refractivity contribution in [2.75, 3.05) is 11.9 Å². The Kier molecular flexibility index (Phi) is 4.17. The molecule has 25 heavy (non-hydrogen) atoms. The number of carbonyl (C=O) groups excluding carboxylic acids is 2. The number of likely N-dealkylation sites (tertiary alicyclic amines) is 1. The summed E-state index contributed by atoms with van der Waals surface area (Å²) >= 11 is 0. The highest BCUT2D eigenvalue weighted by molar-refractivity contribution is 5.97. The Morgan fingerprint density at radius 2 is 1.96 bits per heavy atom. The Morgan fingerprint density at radius 3 is 2.64 bits per heavy atom. The van der Waals surface area contributed by atoms with Crippen LogP contribution in [0, 0.1) is 5.92 Å². The van der Waals surface area contributed by atoms with E-state index >= 15 is 0 Å². The second-order valence-corrected chi connectivity index (χ2v) is 6.69. The van der Waals surface area contributed by atoms with Gasteiger partial charge in [0.15, 0.2) is 0 Å². The lowest BCUT2D eigenvalue weighted by Crippen LogP contribution is -2.35. The molecule has 8 heteroatoms. The first-order valence-corrected chi connectivity index (χ1v) is 8.65. The molecule has 0 radical (unpaired) electrons. The van der Waals surface area contributed by atoms with Gasteiger partial charge < -0.3 is 10.2 Å². The van der Waals surface area contributed by atoms with Crippen molar-refractivity contribution in [2.24, 2.45) is 5.92 Å². The lowest BCUT2D eigenvalue weighted by Gasteiger charge is -2.23. The number of carbonyl (C=O) groups is 2. The molecule has 1 aliphatic carbocycles. The van der Waals surface area contributed by atoms with E-state index in [0.717, 1.165) is 18.4 Å². The van der Waals surface area contributed by atoms with Gasteiger partial charge in [-0.15, -0.1) is 10.2 Å². The lowest BCUT2D eigenvalue weighted by molar-refractivity contribution is -0.129. The van der Waals surface area contributed by atoms with Crippen LogP contribution in [0.1, 0.15) is 32.1 Å². The van der Waals surface area contributed by atoms with Crippen molar-refractivity contribution in [1.82, 2.24) is 25.5 Å². The van der Waals surface area contributed by atoms with E-state index in [0.29, 0.717) is 30.5 Å². The number of rotatable bonds is 4. The van der Waals surface area contributed by atoms with Gasteiger partial charge in [0.1, 0.15) is 0 Å². The molecule has 130 valence electrons. The van der Waals surface area contributed by atoms with Gasteiger partial charge in [-0.05, 0) is 42.3 Å². The second kappa shape index (κ2) is 6.62. The molecule has 1 atom stereocenters. The number of aromatic amines is 1. The van der Waals surface area contributed by atoms with E-state index in [1.54, 1.807) is 12.1 Å². The highest BCUT2D eigenvalue weighted by Crippen LogP contribution is 2.30. The average Bonchev–Trinajstić information content (AvgIpc) is 3.37. The number of H-pyrrole nitrogens is 1. The summed E-state index contributed by atoms with van der Waals surface area (Å²) in [6, 6.07) is 7.58. The van der Waals surface area contributed by atoms with Crippen molar-refractivity contribution in [2.45, 2.75) is 38.1 Å². The maximum Gasteiger partial charge on any atom is 0.229 e. The van der Waals surface area contributed by atoms with Crippen molar-refractivity contribution in [3.8, 4) is 11.4 Å². The number of nitrogens with one attached hydrogen (secondary N) is 2. The molecule has 2 heterocycles. The molecule has 2 fully saturated rings. The summed E-state index contributed by atoms with van der Waals surface area (Å²) in [4.78, 5) is 26.6. The Labute approximate surface area is 145 Å². The number of amides is 2. The van der Waals surface area contributed by atoms with Gasteiger partial charge >= 0.3 is 0 Å². The zero-order chi connectivity index (χ0) is 17.2. The number of nitrogens with zero attached hydrogens (tertiary/aromatic N) is 4. The van der Waals surface area contributed by atoms with E-state index in [1.807, 2.05) is 17.0 Å². The van der Waals surface area contributed by atoms with E-state index in [2.05, 4.69) is 25.9 Å². The van der Waals surface area contributed by atoms with Crippen molar-refractivity contribution < 1.29 is 9.59 Å². The number of anilines is 1. The normalized spacial score (nSPS) is 21.0. The smallest absolute Gasteiger partial charge is 0.229 e. The summed E-state index contributed by atoms with van der Waals surface area (Å²) < 4.78 is 0. The number of hydrogen-bond acceptors (Lipinski definition) is 5. The third-order valence-corrected chi connectivity index (χ3v) is 5.05. The Balaban J connectivity index is 1.38. The zero-order valence-corrected chi connectivity index (χ0v) is 13.8. The van der Waals surface area contributed by atoms with Gasteiger partial charge in [0, 0.05) is 30.3 Å². The minimum atomic E-state index is -0.273. The fourth-order valence-corrected chi connectivity index (χ4v) is 3.71. The average molecular weight is 340 g/mol. The van der Waals surface area contributed by atoms with E-state index in [9.17, 15) is 9.59 Å². The Morgan fingerprint density at radius 1 is 1.20 bits per heavy atom. The number of hydrogen-bond donors (Lipinski definition) is 2. The standard InChI is InChI=1S/C17H20N6O2/c24-15-9-12(10-23(15)14-3-1-2-4-14)17(25)18-13-7-5-11(6-8-13)16-19-21-22-20-16/h5-8,12,14H,1-4,9-10H2,(H,18,25)(H,19,20,21,22). The summed E-state index contributed by atoms with van der Waals surface area (Å²) in [5.74, 6) is 0.247. The maximum absolute atomic E-state index is 12.5. The van der Waals surface area contributed by atoms with Crippen molar-refractivity contribution >= 4 is 17.5 Å². The van der Waals surface area contributed by atoms with Crippen LogP contribution in [0.5, 0.6) is 0 Å². The quantitative estimate of drug-likeness (QED) is 0.880. The first-order chi connectivity index (χ1) is 12.2. The molecule has 0 spiro atoms. The van der Waals surface area contributed by atoms with E-state index < -0.39 is 0 Å². The fourth-order valence-electron chi connectivity index (χ4n) is 3.71. The van der Waals surface area contributed by atoms with Crippen LogP contribution < -0.4 is 5.32 Å². The molecule has 2 N–H and O–H groups in total. The molecule has 2 amide bonds. The van der Waals surface area contributed by atoms with Gasteiger partial charge in [-0.25, -0.2) is 0 Å². The second-order valence-electron chi connectivity index (χ2n) is 6.69. The molecule has 1 unspecified atom stereocenters. The molecular weight excluding hydrogens is 320 g/mol. The Hall–Kier alpha value is -2.77. The van der Waals surface area contributed by atoms with E-state index in [1.165, 1.54) is 12.8 Å². The molecule has 8 nitrogen and oxygen atoms in total. The summed E-state index contributed by atoms with van der Waals surface area (Å²) in [5.41, 5.74) is 1.51. The monoisotopic (exact) mass is 340 g/mol. The predicted octanol–water partition coefficient (Wildman–Crippen LogP) is 1.60. The molecule has 1 aliphatic heterocycles. The third kappa shape index (κ3) is 3.24. The first kappa shape index (κ1) is 15.7. The first-order valence-electron chi connectivity index (χ1n) is 8.65. The summed E-state index contributed by atoms with van der Waals surface area (Å²) in [6.07, 6.45) is 4.80. The third-order valence-electron chi connectivity index (χ3n) is 5.05. The molecule has 0 bridgehead atoms. The van der Waals surface area contributed by atoms with Crippen molar-refractivity contribution in [3.63, 3.8) is 0 Å². The van der Waals surface area contributed by atoms with Crippen molar-refractivity contribution in [1.29, 1.82) is 0 Å². The molecule has 2 aromatic rings. The maximum atomic E-state index is 12.5. The van der Waals surface area contributed by atoms with Crippen LogP contribution in [0.2, 0.25) is 0 Å². The van der Waals surface area contributed by atoms with Crippen LogP contribution in [0.15, 0.2) is 24.3 Å². The number of aromatic nitrogens is 4. The van der Waals surface area contributed by atoms with Crippen LogP contribution >= 0.6 is 0 Å². The SMILES string of the molecule is O=C(Nc1ccc(-c2nn[nH]n2)cc1)C1CC(=O)N(C2CCCC2)C1. The van der Waals surface area contributed by atoms with Gasteiger partial charge in [-0.3, -0.25) is 9.59 Å². The molecule has 1 saturated heterocycles. The molecule has 1 aromatic carbocycles. The van der Waals surface area contributed by atoms with Crippen LogP contribution in [0.25, 0.3) is 11.4 Å². The van der Waals surface area contributed by atoms with Crippen molar-refractivity contribution in [3.05, 3.63) is 24.3 Å². The summed E-state index contributed by atoms with van der Waals surface area (Å²) in [6.45, 7) is 0.538. The van der Waals surface area contributed by atoms with Gasteiger partial charge in [-0.2, -0.15) is 5.21 Å². The molecule has 2 aliphatic rings. The number of benzene rings is 1. The lowest BCUT2D eigenvalue weighted by atomic mass is 10.1. The van der Waals surface area contributed by atoms with Gasteiger partial charge in [0.2, 0.25) is 17.6 Å². The zero-order valence-electron chi connectivity index (χ0n) is 13.8. The fraction of sp³-hybridized carbons (Fsp3) is 0.471. The van der Waals surface area contributed by atoms with Crippen LogP contribution in [-0.4, -0.2) is 49.9 Å². The van der Waals surface area contributed by atoms with Crippen LogP contribution in [0.4, 0.5) is 5.69 Å². The van der Waals surface area contributed by atoms with Gasteiger partial charge in [-0.1, -0.05) is 12.8 Å². The minimum absolute atomic E-state index is 0.0961.